The molecule has 1 aromatic heterocycles. The molecule has 0 bridgehead atoms. The Bertz CT molecular complexity index is 1120. The maximum Gasteiger partial charge on any atom is 0.269 e. The van der Waals surface area contributed by atoms with Gasteiger partial charge in [0.25, 0.3) is 5.69 Å². The maximum absolute atomic E-state index is 11.2. The Morgan fingerprint density at radius 2 is 1.56 bits per heavy atom. The van der Waals surface area contributed by atoms with Crippen LogP contribution in [0.15, 0.2) is 104 Å². The molecule has 0 radical (unpaired) electrons. The fourth-order valence-corrected chi connectivity index (χ4v) is 4.61. The molecule has 174 valence electrons. The molecule has 0 aliphatic rings. The number of benzene rings is 3. The van der Waals surface area contributed by atoms with Crippen LogP contribution in [0.3, 0.4) is 0 Å². The molecule has 0 amide bonds. The summed E-state index contributed by atoms with van der Waals surface area (Å²) in [5.74, 6) is 0. The van der Waals surface area contributed by atoms with Crippen molar-refractivity contribution in [1.29, 1.82) is 0 Å². The normalized spacial score (nSPS) is 11.6. The van der Waals surface area contributed by atoms with Gasteiger partial charge >= 0.3 is 0 Å². The number of aromatic nitrogens is 2. The highest BCUT2D eigenvalue weighted by molar-refractivity contribution is 5.42. The number of rotatable bonds is 11. The average Bonchev–Trinajstić information content (AvgIpc) is 3.40. The first-order valence-corrected chi connectivity index (χ1v) is 11.7. The smallest absolute Gasteiger partial charge is 0.269 e. The number of hydrogen-bond acceptors (Lipinski definition) is 4. The van der Waals surface area contributed by atoms with Gasteiger partial charge in [0, 0.05) is 31.1 Å². The van der Waals surface area contributed by atoms with Gasteiger partial charge in [0.15, 0.2) is 0 Å². The molecule has 4 rings (SSSR count). The second kappa shape index (κ2) is 10.9. The van der Waals surface area contributed by atoms with E-state index >= 15 is 0 Å². The number of non-ortho nitro benzene ring substituents is 1. The van der Waals surface area contributed by atoms with Crippen LogP contribution in [0, 0.1) is 10.1 Å². The summed E-state index contributed by atoms with van der Waals surface area (Å²) in [5, 5.41) is 11.2. The molecule has 0 aliphatic heterocycles. The third kappa shape index (κ3) is 5.07. The van der Waals surface area contributed by atoms with Gasteiger partial charge < -0.3 is 4.57 Å². The molecule has 1 heterocycles. The van der Waals surface area contributed by atoms with Crippen LogP contribution in [0.25, 0.3) is 0 Å². The molecule has 0 saturated carbocycles. The van der Waals surface area contributed by atoms with Gasteiger partial charge in [-0.05, 0) is 29.5 Å². The Morgan fingerprint density at radius 3 is 2.06 bits per heavy atom. The highest BCUT2D eigenvalue weighted by atomic mass is 16.6. The van der Waals surface area contributed by atoms with E-state index in [-0.39, 0.29) is 10.6 Å². The predicted octanol–water partition coefficient (Wildman–Crippen LogP) is 6.04. The largest absolute Gasteiger partial charge is 0.324 e. The first-order valence-electron chi connectivity index (χ1n) is 11.7. The number of nitro groups is 1. The molecule has 0 N–H and O–H groups in total. The summed E-state index contributed by atoms with van der Waals surface area (Å²) in [7, 11) is 0. The van der Waals surface area contributed by atoms with Crippen molar-refractivity contribution in [3.63, 3.8) is 0 Å². The maximum atomic E-state index is 11.2. The van der Waals surface area contributed by atoms with E-state index in [1.165, 1.54) is 11.1 Å². The van der Waals surface area contributed by atoms with Crippen molar-refractivity contribution in [2.24, 2.45) is 0 Å². The lowest BCUT2D eigenvalue weighted by molar-refractivity contribution is -0.384. The van der Waals surface area contributed by atoms with Crippen LogP contribution in [0.2, 0.25) is 0 Å². The molecular formula is C28H30N4O2. The SMILES string of the molecule is CCCCN(Cn1ccnc1)C(Cc1ccc([N+](=O)[O-])cc1)(c1ccccc1)c1ccccc1. The second-order valence-electron chi connectivity index (χ2n) is 8.53. The van der Waals surface area contributed by atoms with E-state index in [0.29, 0.717) is 13.1 Å². The molecule has 0 aliphatic carbocycles. The van der Waals surface area contributed by atoms with E-state index < -0.39 is 5.54 Å². The fourth-order valence-electron chi connectivity index (χ4n) is 4.61. The molecule has 0 spiro atoms. The van der Waals surface area contributed by atoms with Crippen molar-refractivity contribution in [2.75, 3.05) is 6.54 Å². The highest BCUT2D eigenvalue weighted by Gasteiger charge is 2.40. The van der Waals surface area contributed by atoms with Gasteiger partial charge in [0.2, 0.25) is 0 Å². The monoisotopic (exact) mass is 454 g/mol. The van der Waals surface area contributed by atoms with Crippen LogP contribution in [0.5, 0.6) is 0 Å². The number of nitro benzene ring substituents is 1. The van der Waals surface area contributed by atoms with E-state index in [9.17, 15) is 10.1 Å². The second-order valence-corrected chi connectivity index (χ2v) is 8.53. The summed E-state index contributed by atoms with van der Waals surface area (Å²) in [6.07, 6.45) is 8.46. The fraction of sp³-hybridized carbons (Fsp3) is 0.250. The molecule has 0 saturated heterocycles. The van der Waals surface area contributed by atoms with Crippen LogP contribution in [-0.2, 0) is 18.6 Å². The summed E-state index contributed by atoms with van der Waals surface area (Å²) < 4.78 is 2.10. The molecule has 0 atom stereocenters. The zero-order valence-electron chi connectivity index (χ0n) is 19.5. The molecule has 6 nitrogen and oxygen atoms in total. The summed E-state index contributed by atoms with van der Waals surface area (Å²) in [5.41, 5.74) is 3.06. The number of hydrogen-bond donors (Lipinski definition) is 0. The van der Waals surface area contributed by atoms with Crippen LogP contribution in [0.4, 0.5) is 5.69 Å². The van der Waals surface area contributed by atoms with E-state index in [2.05, 4.69) is 69.9 Å². The Hall–Kier alpha value is -3.77. The van der Waals surface area contributed by atoms with E-state index in [0.717, 1.165) is 24.9 Å². The van der Waals surface area contributed by atoms with E-state index in [1.807, 2.05) is 36.8 Å². The lowest BCUT2D eigenvalue weighted by Gasteiger charge is -2.45. The number of nitrogens with zero attached hydrogens (tertiary/aromatic N) is 4. The van der Waals surface area contributed by atoms with Gasteiger partial charge in [0.1, 0.15) is 0 Å². The lowest BCUT2D eigenvalue weighted by atomic mass is 9.76. The molecule has 34 heavy (non-hydrogen) atoms. The lowest BCUT2D eigenvalue weighted by Crippen LogP contribution is -2.49. The minimum Gasteiger partial charge on any atom is -0.324 e. The number of imidazole rings is 1. The van der Waals surface area contributed by atoms with Crippen molar-refractivity contribution >= 4 is 5.69 Å². The Morgan fingerprint density at radius 1 is 0.941 bits per heavy atom. The predicted molar refractivity (Wildman–Crippen MR) is 134 cm³/mol. The van der Waals surface area contributed by atoms with Crippen LogP contribution >= 0.6 is 0 Å². The minimum atomic E-state index is -0.474. The summed E-state index contributed by atoms with van der Waals surface area (Å²) in [4.78, 5) is 17.7. The van der Waals surface area contributed by atoms with Gasteiger partial charge in [-0.2, -0.15) is 0 Å². The Balaban J connectivity index is 1.90. The Labute approximate surface area is 200 Å². The van der Waals surface area contributed by atoms with Crippen molar-refractivity contribution in [1.82, 2.24) is 14.5 Å². The standard InChI is InChI=1S/C28H30N4O2/c1-2-3-19-31(23-30-20-18-29-22-30)28(25-10-6-4-7-11-25,26-12-8-5-9-13-26)21-24-14-16-27(17-15-24)32(33)34/h4-18,20,22H,2-3,19,21,23H2,1H3. The zero-order chi connectivity index (χ0) is 23.8. The minimum absolute atomic E-state index is 0.107. The molecule has 6 heteroatoms. The summed E-state index contributed by atoms with van der Waals surface area (Å²) in [6, 6.07) is 28.1. The molecular weight excluding hydrogens is 424 g/mol. The number of unbranched alkanes of at least 4 members (excludes halogenated alkanes) is 1. The van der Waals surface area contributed by atoms with Crippen LogP contribution in [0.1, 0.15) is 36.5 Å². The first kappa shape index (κ1) is 23.4. The topological polar surface area (TPSA) is 64.2 Å². The van der Waals surface area contributed by atoms with Crippen molar-refractivity contribution in [3.8, 4) is 0 Å². The van der Waals surface area contributed by atoms with Gasteiger partial charge in [-0.15, -0.1) is 0 Å². The van der Waals surface area contributed by atoms with Gasteiger partial charge in [-0.3, -0.25) is 15.0 Å². The van der Waals surface area contributed by atoms with E-state index in [4.69, 9.17) is 0 Å². The average molecular weight is 455 g/mol. The molecule has 0 fully saturated rings. The summed E-state index contributed by atoms with van der Waals surface area (Å²) >= 11 is 0. The zero-order valence-corrected chi connectivity index (χ0v) is 19.5. The van der Waals surface area contributed by atoms with Crippen LogP contribution < -0.4 is 0 Å². The van der Waals surface area contributed by atoms with Crippen molar-refractivity contribution < 1.29 is 4.92 Å². The van der Waals surface area contributed by atoms with Gasteiger partial charge in [-0.25, -0.2) is 4.98 Å². The van der Waals surface area contributed by atoms with Gasteiger partial charge in [0.05, 0.1) is 23.5 Å². The third-order valence-corrected chi connectivity index (χ3v) is 6.32. The first-order chi connectivity index (χ1) is 16.6. The van der Waals surface area contributed by atoms with Crippen molar-refractivity contribution in [3.05, 3.63) is 130 Å². The molecule has 0 unspecified atom stereocenters. The summed E-state index contributed by atoms with van der Waals surface area (Å²) in [6.45, 7) is 3.78. The third-order valence-electron chi connectivity index (χ3n) is 6.32. The molecule has 3 aromatic carbocycles. The Kier molecular flexibility index (Phi) is 7.50. The van der Waals surface area contributed by atoms with Gasteiger partial charge in [-0.1, -0.05) is 86.1 Å². The van der Waals surface area contributed by atoms with Crippen LogP contribution in [-0.4, -0.2) is 25.9 Å². The molecule has 4 aromatic rings. The van der Waals surface area contributed by atoms with E-state index in [1.54, 1.807) is 18.3 Å². The highest BCUT2D eigenvalue weighted by Crippen LogP contribution is 2.40. The quantitative estimate of drug-likeness (QED) is 0.205. The van der Waals surface area contributed by atoms with Crippen molar-refractivity contribution in [2.45, 2.75) is 38.4 Å².